The zero-order chi connectivity index (χ0) is 21.9. The van der Waals surface area contributed by atoms with Gasteiger partial charge in [0.05, 0.1) is 11.5 Å². The average molecular weight is 419 g/mol. The van der Waals surface area contributed by atoms with E-state index >= 15 is 0 Å². The van der Waals surface area contributed by atoms with Gasteiger partial charge >= 0.3 is 0 Å². The third-order valence-electron chi connectivity index (χ3n) is 5.02. The van der Waals surface area contributed by atoms with Gasteiger partial charge in [-0.15, -0.1) is 0 Å². The highest BCUT2D eigenvalue weighted by Gasteiger charge is 2.21. The molecule has 1 aliphatic heterocycles. The second-order valence-corrected chi connectivity index (χ2v) is 7.84. The summed E-state index contributed by atoms with van der Waals surface area (Å²) >= 11 is 0. The molecule has 0 saturated carbocycles. The number of hydrogen-bond acceptors (Lipinski definition) is 5. The first-order valence-electron chi connectivity index (χ1n) is 10.6. The van der Waals surface area contributed by atoms with Crippen LogP contribution in [0, 0.1) is 10.1 Å². The van der Waals surface area contributed by atoms with Gasteiger partial charge in [0.2, 0.25) is 5.91 Å². The molecule has 1 heterocycles. The van der Waals surface area contributed by atoms with Crippen molar-refractivity contribution < 1.29 is 9.72 Å². The number of aliphatic imine (C=N–C) groups is 1. The minimum Gasteiger partial charge on any atom is -0.356 e. The number of unbranched alkanes of at least 4 members (excludes halogenated alkanes) is 1. The van der Waals surface area contributed by atoms with Crippen molar-refractivity contribution in [3.63, 3.8) is 0 Å². The summed E-state index contributed by atoms with van der Waals surface area (Å²) in [5.41, 5.74) is 1.24. The molecule has 1 aromatic rings. The molecule has 30 heavy (non-hydrogen) atoms. The lowest BCUT2D eigenvalue weighted by Crippen LogP contribution is -2.54. The van der Waals surface area contributed by atoms with Crippen LogP contribution in [-0.4, -0.2) is 78.9 Å². The first kappa shape index (κ1) is 23.6. The van der Waals surface area contributed by atoms with Crippen LogP contribution in [-0.2, 0) is 11.2 Å². The standard InChI is InChI=1S/C21H34N6O3/c1-17(2)24-20(28)16-25-12-14-26(15-13-25)21(22-3)23-11-5-4-6-18-7-9-19(10-8-18)27(29)30/h7-10,17H,4-6,11-16H2,1-3H3,(H,22,23)(H,24,28). The molecule has 0 spiro atoms. The summed E-state index contributed by atoms with van der Waals surface area (Å²) in [5, 5.41) is 17.1. The molecular formula is C21H34N6O3. The van der Waals surface area contributed by atoms with Gasteiger partial charge < -0.3 is 15.5 Å². The monoisotopic (exact) mass is 418 g/mol. The lowest BCUT2D eigenvalue weighted by molar-refractivity contribution is -0.384. The van der Waals surface area contributed by atoms with E-state index in [1.54, 1.807) is 19.2 Å². The van der Waals surface area contributed by atoms with Crippen LogP contribution < -0.4 is 10.6 Å². The molecule has 0 aliphatic carbocycles. The summed E-state index contributed by atoms with van der Waals surface area (Å²) in [6.07, 6.45) is 2.89. The molecule has 1 amide bonds. The zero-order valence-corrected chi connectivity index (χ0v) is 18.3. The van der Waals surface area contributed by atoms with Crippen molar-refractivity contribution in [3.05, 3.63) is 39.9 Å². The van der Waals surface area contributed by atoms with Crippen molar-refractivity contribution in [2.24, 2.45) is 4.99 Å². The fourth-order valence-electron chi connectivity index (χ4n) is 3.46. The molecule has 9 heteroatoms. The SMILES string of the molecule is CN=C(NCCCCc1ccc([N+](=O)[O-])cc1)N1CCN(CC(=O)NC(C)C)CC1. The highest BCUT2D eigenvalue weighted by Crippen LogP contribution is 2.13. The average Bonchev–Trinajstić information content (AvgIpc) is 2.71. The molecule has 0 radical (unpaired) electrons. The number of carbonyl (C=O) groups excluding carboxylic acids is 1. The Morgan fingerprint density at radius 2 is 1.83 bits per heavy atom. The van der Waals surface area contributed by atoms with Crippen LogP contribution in [0.4, 0.5) is 5.69 Å². The Hall–Kier alpha value is -2.68. The number of nitro benzene ring substituents is 1. The maximum Gasteiger partial charge on any atom is 0.269 e. The third kappa shape index (κ3) is 7.98. The van der Waals surface area contributed by atoms with Gasteiger partial charge in [0.15, 0.2) is 5.96 Å². The number of carbonyl (C=O) groups is 1. The maximum absolute atomic E-state index is 11.9. The van der Waals surface area contributed by atoms with Gasteiger partial charge in [-0.05, 0) is 38.7 Å². The van der Waals surface area contributed by atoms with Crippen LogP contribution in [0.1, 0.15) is 32.3 Å². The number of amides is 1. The molecule has 1 aromatic carbocycles. The normalized spacial score (nSPS) is 15.3. The summed E-state index contributed by atoms with van der Waals surface area (Å²) in [6, 6.07) is 6.93. The molecule has 0 unspecified atom stereocenters. The van der Waals surface area contributed by atoms with E-state index in [9.17, 15) is 14.9 Å². The molecule has 0 aromatic heterocycles. The second kappa shape index (κ2) is 12.1. The van der Waals surface area contributed by atoms with Gasteiger partial charge in [0, 0.05) is 57.9 Å². The largest absolute Gasteiger partial charge is 0.356 e. The number of hydrogen-bond donors (Lipinski definition) is 2. The number of nitrogens with one attached hydrogen (secondary N) is 2. The van der Waals surface area contributed by atoms with E-state index in [0.717, 1.165) is 63.5 Å². The van der Waals surface area contributed by atoms with E-state index in [1.165, 1.54) is 0 Å². The zero-order valence-electron chi connectivity index (χ0n) is 18.3. The number of benzene rings is 1. The number of rotatable bonds is 9. The minimum absolute atomic E-state index is 0.0778. The van der Waals surface area contributed by atoms with Crippen molar-refractivity contribution in [2.45, 2.75) is 39.2 Å². The van der Waals surface area contributed by atoms with Crippen LogP contribution >= 0.6 is 0 Å². The summed E-state index contributed by atoms with van der Waals surface area (Å²) in [7, 11) is 1.79. The fraction of sp³-hybridized carbons (Fsp3) is 0.619. The van der Waals surface area contributed by atoms with Crippen LogP contribution in [0.2, 0.25) is 0 Å². The minimum atomic E-state index is -0.375. The Morgan fingerprint density at radius 3 is 2.40 bits per heavy atom. The Bertz CT molecular complexity index is 712. The summed E-state index contributed by atoms with van der Waals surface area (Å²) in [6.45, 7) is 8.58. The number of aryl methyl sites for hydroxylation is 1. The molecule has 2 N–H and O–H groups in total. The predicted octanol–water partition coefficient (Wildman–Crippen LogP) is 1.64. The molecule has 2 rings (SSSR count). The number of nitro groups is 1. The van der Waals surface area contributed by atoms with Gasteiger partial charge in [-0.2, -0.15) is 0 Å². The van der Waals surface area contributed by atoms with E-state index in [0.29, 0.717) is 6.54 Å². The van der Waals surface area contributed by atoms with Gasteiger partial charge in [-0.1, -0.05) is 12.1 Å². The fourth-order valence-corrected chi connectivity index (χ4v) is 3.46. The van der Waals surface area contributed by atoms with E-state index in [2.05, 4.69) is 25.4 Å². The van der Waals surface area contributed by atoms with E-state index < -0.39 is 0 Å². The topological polar surface area (TPSA) is 103 Å². The molecular weight excluding hydrogens is 384 g/mol. The lowest BCUT2D eigenvalue weighted by Gasteiger charge is -2.36. The first-order valence-corrected chi connectivity index (χ1v) is 10.6. The number of guanidine groups is 1. The first-order chi connectivity index (χ1) is 14.4. The Balaban J connectivity index is 1.64. The molecule has 1 aliphatic rings. The van der Waals surface area contributed by atoms with Crippen molar-refractivity contribution in [1.29, 1.82) is 0 Å². The number of non-ortho nitro benzene ring substituents is 1. The molecule has 1 fully saturated rings. The smallest absolute Gasteiger partial charge is 0.269 e. The summed E-state index contributed by atoms with van der Waals surface area (Å²) in [4.78, 5) is 31.0. The Kier molecular flexibility index (Phi) is 9.53. The molecule has 0 bridgehead atoms. The van der Waals surface area contributed by atoms with E-state index in [-0.39, 0.29) is 22.6 Å². The quantitative estimate of drug-likeness (QED) is 0.208. The summed E-state index contributed by atoms with van der Waals surface area (Å²) < 4.78 is 0. The molecule has 9 nitrogen and oxygen atoms in total. The lowest BCUT2D eigenvalue weighted by atomic mass is 10.1. The van der Waals surface area contributed by atoms with Crippen molar-refractivity contribution in [1.82, 2.24) is 20.4 Å². The Morgan fingerprint density at radius 1 is 1.17 bits per heavy atom. The third-order valence-corrected chi connectivity index (χ3v) is 5.02. The highest BCUT2D eigenvalue weighted by atomic mass is 16.6. The molecule has 166 valence electrons. The molecule has 0 atom stereocenters. The van der Waals surface area contributed by atoms with Crippen LogP contribution in [0.25, 0.3) is 0 Å². The summed E-state index contributed by atoms with van der Waals surface area (Å²) in [5.74, 6) is 0.977. The van der Waals surface area contributed by atoms with Crippen molar-refractivity contribution in [2.75, 3.05) is 46.3 Å². The van der Waals surface area contributed by atoms with Gasteiger partial charge in [-0.25, -0.2) is 0 Å². The Labute approximate surface area is 178 Å². The highest BCUT2D eigenvalue weighted by molar-refractivity contribution is 5.80. The van der Waals surface area contributed by atoms with E-state index in [4.69, 9.17) is 0 Å². The van der Waals surface area contributed by atoms with Crippen LogP contribution in [0.3, 0.4) is 0 Å². The van der Waals surface area contributed by atoms with Crippen molar-refractivity contribution in [3.8, 4) is 0 Å². The molecule has 1 saturated heterocycles. The van der Waals surface area contributed by atoms with Crippen LogP contribution in [0.5, 0.6) is 0 Å². The van der Waals surface area contributed by atoms with Gasteiger partial charge in [-0.3, -0.25) is 24.8 Å². The number of nitrogens with zero attached hydrogens (tertiary/aromatic N) is 4. The van der Waals surface area contributed by atoms with Crippen molar-refractivity contribution >= 4 is 17.6 Å². The van der Waals surface area contributed by atoms with Gasteiger partial charge in [0.1, 0.15) is 0 Å². The van der Waals surface area contributed by atoms with Gasteiger partial charge in [0.25, 0.3) is 5.69 Å². The van der Waals surface area contributed by atoms with E-state index in [1.807, 2.05) is 26.0 Å². The number of piperazine rings is 1. The maximum atomic E-state index is 11.9. The predicted molar refractivity (Wildman–Crippen MR) is 119 cm³/mol. The second-order valence-electron chi connectivity index (χ2n) is 7.84. The van der Waals surface area contributed by atoms with Crippen LogP contribution in [0.15, 0.2) is 29.3 Å².